The Hall–Kier alpha value is -2.33. The fourth-order valence-electron chi connectivity index (χ4n) is 4.16. The average molecular weight is 385 g/mol. The molecular formula is C20H21ClN4O2. The van der Waals surface area contributed by atoms with Crippen molar-refractivity contribution in [1.29, 1.82) is 5.26 Å². The van der Waals surface area contributed by atoms with Crippen LogP contribution in [-0.4, -0.2) is 42.1 Å². The van der Waals surface area contributed by atoms with Gasteiger partial charge in [0.05, 0.1) is 30.8 Å². The number of allylic oxidation sites excluding steroid dienone is 3. The van der Waals surface area contributed by atoms with Gasteiger partial charge in [-0.2, -0.15) is 5.26 Å². The minimum atomic E-state index is -0.464. The number of hydrogen-bond acceptors (Lipinski definition) is 6. The van der Waals surface area contributed by atoms with E-state index in [4.69, 9.17) is 22.1 Å². The van der Waals surface area contributed by atoms with E-state index in [9.17, 15) is 10.1 Å². The maximum atomic E-state index is 13.0. The first kappa shape index (κ1) is 18.1. The number of nitrogens with zero attached hydrogens (tertiary/aromatic N) is 3. The van der Waals surface area contributed by atoms with Gasteiger partial charge in [-0.3, -0.25) is 9.80 Å². The smallest absolute Gasteiger partial charge is 0.161 e. The lowest BCUT2D eigenvalue weighted by molar-refractivity contribution is -0.117. The molecule has 7 heteroatoms. The number of hydrogen-bond donors (Lipinski definition) is 1. The van der Waals surface area contributed by atoms with Crippen LogP contribution in [0.3, 0.4) is 0 Å². The van der Waals surface area contributed by atoms with E-state index in [1.54, 1.807) is 6.07 Å². The number of rotatable bonds is 2. The summed E-state index contributed by atoms with van der Waals surface area (Å²) in [6, 6.07) is 9.60. The van der Waals surface area contributed by atoms with E-state index in [0.717, 1.165) is 24.1 Å². The minimum Gasteiger partial charge on any atom is -0.383 e. The van der Waals surface area contributed by atoms with Gasteiger partial charge in [-0.1, -0.05) is 23.7 Å². The summed E-state index contributed by atoms with van der Waals surface area (Å²) in [5, 5.41) is 14.5. The maximum Gasteiger partial charge on any atom is 0.161 e. The van der Waals surface area contributed by atoms with Crippen LogP contribution >= 0.6 is 11.6 Å². The van der Waals surface area contributed by atoms with Gasteiger partial charge in [0.1, 0.15) is 5.82 Å². The molecule has 140 valence electrons. The molecule has 1 unspecified atom stereocenters. The van der Waals surface area contributed by atoms with Crippen LogP contribution in [0.1, 0.15) is 30.7 Å². The summed E-state index contributed by atoms with van der Waals surface area (Å²) in [7, 11) is 0. The Kier molecular flexibility index (Phi) is 4.92. The molecule has 27 heavy (non-hydrogen) atoms. The van der Waals surface area contributed by atoms with Gasteiger partial charge in [0, 0.05) is 35.8 Å². The van der Waals surface area contributed by atoms with E-state index in [1.165, 1.54) is 0 Å². The third-order valence-electron chi connectivity index (χ3n) is 5.34. The molecule has 0 aromatic heterocycles. The number of morpholine rings is 1. The molecule has 1 aliphatic carbocycles. The van der Waals surface area contributed by atoms with Gasteiger partial charge >= 0.3 is 0 Å². The second-order valence-electron chi connectivity index (χ2n) is 6.91. The predicted molar refractivity (Wildman–Crippen MR) is 101 cm³/mol. The van der Waals surface area contributed by atoms with Gasteiger partial charge in [-0.15, -0.1) is 0 Å². The molecule has 2 aliphatic heterocycles. The molecule has 4 rings (SSSR count). The van der Waals surface area contributed by atoms with Gasteiger partial charge in [0.2, 0.25) is 0 Å². The second kappa shape index (κ2) is 7.35. The first-order chi connectivity index (χ1) is 13.1. The molecule has 2 N–H and O–H groups in total. The third kappa shape index (κ3) is 3.12. The Balaban J connectivity index is 1.89. The number of ketones is 1. The summed E-state index contributed by atoms with van der Waals surface area (Å²) >= 11 is 6.19. The van der Waals surface area contributed by atoms with E-state index >= 15 is 0 Å². The summed E-state index contributed by atoms with van der Waals surface area (Å²) in [6.07, 6.45) is 2.04. The number of benzene rings is 1. The number of carbonyl (C=O) groups excluding carboxylic acids is 1. The molecule has 1 aromatic carbocycles. The summed E-state index contributed by atoms with van der Waals surface area (Å²) in [5.41, 5.74) is 9.32. The lowest BCUT2D eigenvalue weighted by atomic mass is 9.76. The SMILES string of the molecule is N#CC1=C(N)N(N2CCOCC2)C2=C(C(=O)CCC2)C1c1cccc(Cl)c1. The average Bonchev–Trinajstić information content (AvgIpc) is 2.68. The fourth-order valence-corrected chi connectivity index (χ4v) is 4.36. The zero-order chi connectivity index (χ0) is 19.0. The summed E-state index contributed by atoms with van der Waals surface area (Å²) in [5.74, 6) is 0.0198. The molecule has 0 spiro atoms. The highest BCUT2D eigenvalue weighted by Crippen LogP contribution is 2.45. The highest BCUT2D eigenvalue weighted by atomic mass is 35.5. The summed E-state index contributed by atoms with van der Waals surface area (Å²) < 4.78 is 5.45. The lowest BCUT2D eigenvalue weighted by Crippen LogP contribution is -2.52. The zero-order valence-corrected chi connectivity index (χ0v) is 15.7. The largest absolute Gasteiger partial charge is 0.383 e. The molecule has 3 aliphatic rings. The molecule has 1 atom stereocenters. The Labute approximate surface area is 163 Å². The minimum absolute atomic E-state index is 0.0831. The van der Waals surface area contributed by atoms with Crippen LogP contribution in [0.5, 0.6) is 0 Å². The van der Waals surface area contributed by atoms with Crippen molar-refractivity contribution in [1.82, 2.24) is 10.0 Å². The number of carbonyl (C=O) groups is 1. The van der Waals surface area contributed by atoms with Gasteiger partial charge in [0.15, 0.2) is 5.78 Å². The van der Waals surface area contributed by atoms with Crippen molar-refractivity contribution in [2.75, 3.05) is 26.3 Å². The number of nitriles is 1. The van der Waals surface area contributed by atoms with Crippen molar-refractivity contribution < 1.29 is 9.53 Å². The number of Topliss-reactive ketones (excluding diaryl/α,β-unsaturated/α-hetero) is 1. The van der Waals surface area contributed by atoms with Crippen LogP contribution in [0.4, 0.5) is 0 Å². The number of ether oxygens (including phenoxy) is 1. The van der Waals surface area contributed by atoms with Crippen LogP contribution in [0.15, 0.2) is 46.9 Å². The first-order valence-corrected chi connectivity index (χ1v) is 9.53. The van der Waals surface area contributed by atoms with Crippen molar-refractivity contribution in [3.05, 3.63) is 57.5 Å². The molecule has 0 saturated carbocycles. The van der Waals surface area contributed by atoms with Crippen LogP contribution in [0, 0.1) is 11.3 Å². The molecular weight excluding hydrogens is 364 g/mol. The molecule has 0 bridgehead atoms. The topological polar surface area (TPSA) is 82.6 Å². The van der Waals surface area contributed by atoms with Crippen LogP contribution in [-0.2, 0) is 9.53 Å². The standard InChI is InChI=1S/C20H21ClN4O2/c21-14-4-1-3-13(11-14)18-15(12-22)20(23)25(24-7-9-27-10-8-24)16-5-2-6-17(26)19(16)18/h1,3-4,11,18H,2,5-10,23H2. The second-order valence-corrected chi connectivity index (χ2v) is 7.35. The zero-order valence-electron chi connectivity index (χ0n) is 14.9. The highest BCUT2D eigenvalue weighted by Gasteiger charge is 2.41. The van der Waals surface area contributed by atoms with Crippen molar-refractivity contribution in [2.45, 2.75) is 25.2 Å². The lowest BCUT2D eigenvalue weighted by Gasteiger charge is -2.45. The van der Waals surface area contributed by atoms with E-state index in [1.807, 2.05) is 23.2 Å². The summed E-state index contributed by atoms with van der Waals surface area (Å²) in [4.78, 5) is 13.0. The molecule has 0 amide bonds. The monoisotopic (exact) mass is 384 g/mol. The molecule has 6 nitrogen and oxygen atoms in total. The highest BCUT2D eigenvalue weighted by molar-refractivity contribution is 6.30. The fraction of sp³-hybridized carbons (Fsp3) is 0.400. The van der Waals surface area contributed by atoms with Crippen LogP contribution < -0.4 is 5.73 Å². The number of hydrazine groups is 1. The Morgan fingerprint density at radius 2 is 2.04 bits per heavy atom. The molecule has 1 aromatic rings. The van der Waals surface area contributed by atoms with Gasteiger partial charge in [0.25, 0.3) is 0 Å². The first-order valence-electron chi connectivity index (χ1n) is 9.16. The van der Waals surface area contributed by atoms with Crippen molar-refractivity contribution in [2.24, 2.45) is 5.73 Å². The Morgan fingerprint density at radius 1 is 1.26 bits per heavy atom. The Bertz CT molecular complexity index is 880. The van der Waals surface area contributed by atoms with Gasteiger partial charge in [-0.05, 0) is 30.5 Å². The number of nitrogens with two attached hydrogens (primary N) is 1. The van der Waals surface area contributed by atoms with Crippen LogP contribution in [0.2, 0.25) is 5.02 Å². The van der Waals surface area contributed by atoms with Crippen molar-refractivity contribution in [3.8, 4) is 6.07 Å². The predicted octanol–water partition coefficient (Wildman–Crippen LogP) is 2.69. The molecule has 1 saturated heterocycles. The van der Waals surface area contributed by atoms with E-state index in [2.05, 4.69) is 11.1 Å². The van der Waals surface area contributed by atoms with Crippen LogP contribution in [0.25, 0.3) is 0 Å². The quantitative estimate of drug-likeness (QED) is 0.844. The van der Waals surface area contributed by atoms with E-state index in [-0.39, 0.29) is 5.78 Å². The maximum absolute atomic E-state index is 13.0. The normalized spacial score (nSPS) is 24.1. The third-order valence-corrected chi connectivity index (χ3v) is 5.57. The molecule has 2 heterocycles. The molecule has 0 radical (unpaired) electrons. The van der Waals surface area contributed by atoms with Crippen molar-refractivity contribution >= 4 is 17.4 Å². The summed E-state index contributed by atoms with van der Waals surface area (Å²) in [6.45, 7) is 2.54. The van der Waals surface area contributed by atoms with E-state index in [0.29, 0.717) is 54.7 Å². The molecule has 1 fully saturated rings. The van der Waals surface area contributed by atoms with Gasteiger partial charge < -0.3 is 10.5 Å². The number of halogens is 1. The Morgan fingerprint density at radius 3 is 2.74 bits per heavy atom. The van der Waals surface area contributed by atoms with E-state index < -0.39 is 5.92 Å². The van der Waals surface area contributed by atoms with Gasteiger partial charge in [-0.25, -0.2) is 5.01 Å². The van der Waals surface area contributed by atoms with Crippen molar-refractivity contribution in [3.63, 3.8) is 0 Å².